The zero-order chi connectivity index (χ0) is 14.0. The summed E-state index contributed by atoms with van der Waals surface area (Å²) in [5.74, 6) is 0.382. The number of aliphatic hydroxyl groups excluding tert-OH is 1. The fraction of sp³-hybridized carbons (Fsp3) is 0.929. The summed E-state index contributed by atoms with van der Waals surface area (Å²) in [6, 6.07) is 0.216. The van der Waals surface area contributed by atoms with Gasteiger partial charge in [0.05, 0.1) is 6.10 Å². The first kappa shape index (κ1) is 15.3. The van der Waals surface area contributed by atoms with E-state index in [4.69, 9.17) is 0 Å². The lowest BCUT2D eigenvalue weighted by Gasteiger charge is -2.36. The lowest BCUT2D eigenvalue weighted by molar-refractivity contribution is -0.109. The van der Waals surface area contributed by atoms with Crippen LogP contribution in [0.15, 0.2) is 0 Å². The largest absolute Gasteiger partial charge is 0.391 e. The Morgan fingerprint density at radius 2 is 2.11 bits per heavy atom. The molecule has 1 N–H and O–H groups in total. The third kappa shape index (κ3) is 3.94. The highest BCUT2D eigenvalue weighted by atomic mass is 32.2. The first-order valence-electron chi connectivity index (χ1n) is 7.21. The van der Waals surface area contributed by atoms with E-state index in [1.807, 2.05) is 0 Å². The molecule has 2 aliphatic heterocycles. The third-order valence-corrected chi connectivity index (χ3v) is 5.44. The summed E-state index contributed by atoms with van der Waals surface area (Å²) in [6.45, 7) is 4.68. The summed E-state index contributed by atoms with van der Waals surface area (Å²) in [7, 11) is 4.20. The predicted octanol–water partition coefficient (Wildman–Crippen LogP) is 1.04. The molecule has 0 aromatic heterocycles. The van der Waals surface area contributed by atoms with Crippen molar-refractivity contribution in [1.29, 1.82) is 0 Å². The van der Waals surface area contributed by atoms with Crippen molar-refractivity contribution in [3.63, 3.8) is 0 Å². The molecule has 4 nitrogen and oxygen atoms in total. The molecule has 0 aromatic carbocycles. The highest BCUT2D eigenvalue weighted by Crippen LogP contribution is 2.32. The number of carbonyl (C=O) groups is 1. The normalized spacial score (nSPS) is 35.5. The van der Waals surface area contributed by atoms with Crippen LogP contribution in [0.1, 0.15) is 26.2 Å². The van der Waals surface area contributed by atoms with Gasteiger partial charge in [0, 0.05) is 31.3 Å². The van der Waals surface area contributed by atoms with E-state index in [1.165, 1.54) is 18.2 Å². The van der Waals surface area contributed by atoms with Gasteiger partial charge in [-0.3, -0.25) is 9.69 Å². The first-order valence-corrected chi connectivity index (χ1v) is 8.09. The van der Waals surface area contributed by atoms with Gasteiger partial charge in [-0.05, 0) is 45.8 Å². The minimum absolute atomic E-state index is 0.186. The van der Waals surface area contributed by atoms with Gasteiger partial charge in [-0.15, -0.1) is 0 Å². The summed E-state index contributed by atoms with van der Waals surface area (Å²) in [5.41, 5.74) is 0. The zero-order valence-electron chi connectivity index (χ0n) is 12.2. The summed E-state index contributed by atoms with van der Waals surface area (Å²) in [4.78, 5) is 15.8. The van der Waals surface area contributed by atoms with Crippen LogP contribution < -0.4 is 0 Å². The maximum absolute atomic E-state index is 11.2. The van der Waals surface area contributed by atoms with Gasteiger partial charge in [0.15, 0.2) is 5.12 Å². The summed E-state index contributed by atoms with van der Waals surface area (Å²) >= 11 is 1.43. The van der Waals surface area contributed by atoms with Crippen LogP contribution in [-0.4, -0.2) is 71.1 Å². The topological polar surface area (TPSA) is 43.8 Å². The highest BCUT2D eigenvalue weighted by molar-refractivity contribution is 8.14. The van der Waals surface area contributed by atoms with E-state index < -0.39 is 0 Å². The Morgan fingerprint density at radius 1 is 1.37 bits per heavy atom. The molecule has 0 aromatic rings. The average Bonchev–Trinajstić information content (AvgIpc) is 2.68. The van der Waals surface area contributed by atoms with Crippen molar-refractivity contribution in [2.45, 2.75) is 43.6 Å². The van der Waals surface area contributed by atoms with Gasteiger partial charge >= 0.3 is 0 Å². The molecule has 110 valence electrons. The average molecular weight is 286 g/mol. The van der Waals surface area contributed by atoms with Crippen LogP contribution in [0.25, 0.3) is 0 Å². The van der Waals surface area contributed by atoms with Crippen LogP contribution in [0.2, 0.25) is 0 Å². The molecular weight excluding hydrogens is 260 g/mol. The molecule has 5 heteroatoms. The quantitative estimate of drug-likeness (QED) is 0.840. The van der Waals surface area contributed by atoms with E-state index >= 15 is 0 Å². The number of rotatable bonds is 3. The molecule has 0 amide bonds. The van der Waals surface area contributed by atoms with Crippen LogP contribution in [0.5, 0.6) is 0 Å². The number of nitrogens with zero attached hydrogens (tertiary/aromatic N) is 2. The standard InChI is InChI=1S/C14H26N2O2S/c1-10(17)19-12-7-13(16(3)9-12)14(18)11-5-4-6-15(2)8-11/h11-14,18H,4-9H2,1-3H3/t11?,12?,13-,14?/m0/s1. The summed E-state index contributed by atoms with van der Waals surface area (Å²) < 4.78 is 0. The van der Waals surface area contributed by atoms with E-state index in [1.54, 1.807) is 6.92 Å². The van der Waals surface area contributed by atoms with Crippen molar-refractivity contribution < 1.29 is 9.90 Å². The smallest absolute Gasteiger partial charge is 0.186 e. The van der Waals surface area contributed by atoms with Crippen LogP contribution in [0.3, 0.4) is 0 Å². The molecule has 2 saturated heterocycles. The number of piperidine rings is 1. The van der Waals surface area contributed by atoms with Crippen molar-refractivity contribution in [3.05, 3.63) is 0 Å². The van der Waals surface area contributed by atoms with Gasteiger partial charge in [-0.1, -0.05) is 11.8 Å². The van der Waals surface area contributed by atoms with Gasteiger partial charge < -0.3 is 10.0 Å². The molecule has 0 spiro atoms. The molecule has 2 rings (SSSR count). The van der Waals surface area contributed by atoms with Gasteiger partial charge in [-0.25, -0.2) is 0 Å². The molecule has 0 bridgehead atoms. The predicted molar refractivity (Wildman–Crippen MR) is 79.3 cm³/mol. The minimum Gasteiger partial charge on any atom is -0.391 e. The number of carbonyl (C=O) groups excluding carboxylic acids is 1. The van der Waals surface area contributed by atoms with Gasteiger partial charge in [-0.2, -0.15) is 0 Å². The van der Waals surface area contributed by atoms with Crippen LogP contribution in [-0.2, 0) is 4.79 Å². The second-order valence-corrected chi connectivity index (χ2v) is 7.61. The number of aliphatic hydroxyl groups is 1. The Morgan fingerprint density at radius 3 is 2.74 bits per heavy atom. The second kappa shape index (κ2) is 6.57. The molecule has 2 fully saturated rings. The van der Waals surface area contributed by atoms with Gasteiger partial charge in [0.2, 0.25) is 0 Å². The third-order valence-electron chi connectivity index (χ3n) is 4.43. The zero-order valence-corrected chi connectivity index (χ0v) is 13.0. The maximum Gasteiger partial charge on any atom is 0.186 e. The lowest BCUT2D eigenvalue weighted by Crippen LogP contribution is -2.46. The number of thioether (sulfide) groups is 1. The van der Waals surface area contributed by atoms with Crippen molar-refractivity contribution in [1.82, 2.24) is 9.80 Å². The summed E-state index contributed by atoms with van der Waals surface area (Å²) in [5, 5.41) is 11.2. The Balaban J connectivity index is 1.91. The first-order chi connectivity index (χ1) is 8.97. The number of likely N-dealkylation sites (N-methyl/N-ethyl adjacent to an activating group) is 1. The van der Waals surface area contributed by atoms with Crippen LogP contribution in [0.4, 0.5) is 0 Å². The maximum atomic E-state index is 11.2. The Bertz CT molecular complexity index is 327. The van der Waals surface area contributed by atoms with E-state index in [-0.39, 0.29) is 17.3 Å². The van der Waals surface area contributed by atoms with Crippen molar-refractivity contribution in [2.24, 2.45) is 5.92 Å². The lowest BCUT2D eigenvalue weighted by atomic mass is 9.88. The van der Waals surface area contributed by atoms with Crippen molar-refractivity contribution in [3.8, 4) is 0 Å². The van der Waals surface area contributed by atoms with E-state index in [9.17, 15) is 9.90 Å². The number of hydrogen-bond acceptors (Lipinski definition) is 5. The molecule has 2 aliphatic rings. The van der Waals surface area contributed by atoms with E-state index in [2.05, 4.69) is 23.9 Å². The fourth-order valence-corrected chi connectivity index (χ4v) is 4.57. The molecule has 2 heterocycles. The van der Waals surface area contributed by atoms with Gasteiger partial charge in [0.1, 0.15) is 0 Å². The molecule has 3 unspecified atom stereocenters. The SMILES string of the molecule is CC(=O)SC1C[C@@H](C(O)C2CCCN(C)C2)N(C)C1. The van der Waals surface area contributed by atoms with Crippen molar-refractivity contribution in [2.75, 3.05) is 33.7 Å². The van der Waals surface area contributed by atoms with Crippen molar-refractivity contribution >= 4 is 16.9 Å². The highest BCUT2D eigenvalue weighted by Gasteiger charge is 2.39. The molecule has 0 aliphatic carbocycles. The molecule has 4 atom stereocenters. The Labute approximate surface area is 120 Å². The fourth-order valence-electron chi connectivity index (χ4n) is 3.50. The van der Waals surface area contributed by atoms with E-state index in [0.29, 0.717) is 11.2 Å². The minimum atomic E-state index is -0.259. The molecular formula is C14H26N2O2S. The monoisotopic (exact) mass is 286 g/mol. The molecule has 19 heavy (non-hydrogen) atoms. The summed E-state index contributed by atoms with van der Waals surface area (Å²) in [6.07, 6.45) is 2.98. The number of hydrogen-bond donors (Lipinski definition) is 1. The van der Waals surface area contributed by atoms with Crippen LogP contribution >= 0.6 is 11.8 Å². The van der Waals surface area contributed by atoms with E-state index in [0.717, 1.165) is 32.5 Å². The molecule has 0 radical (unpaired) electrons. The van der Waals surface area contributed by atoms with Crippen LogP contribution in [0, 0.1) is 5.92 Å². The molecule has 0 saturated carbocycles. The number of likely N-dealkylation sites (tertiary alicyclic amines) is 2. The Kier molecular flexibility index (Phi) is 5.29. The Hall–Kier alpha value is -0.100. The van der Waals surface area contributed by atoms with Gasteiger partial charge in [0.25, 0.3) is 0 Å². The second-order valence-electron chi connectivity index (χ2n) is 6.13.